The van der Waals surface area contributed by atoms with Crippen LogP contribution in [0.4, 0.5) is 4.39 Å². The molecular weight excluding hydrogens is 245 g/mol. The number of halogens is 1. The van der Waals surface area contributed by atoms with E-state index in [1.165, 1.54) is 0 Å². The van der Waals surface area contributed by atoms with Crippen LogP contribution in [0.2, 0.25) is 0 Å². The minimum absolute atomic E-state index is 0.0604. The Morgan fingerprint density at radius 3 is 2.84 bits per heavy atom. The van der Waals surface area contributed by atoms with Gasteiger partial charge in [0.25, 0.3) is 5.91 Å². The summed E-state index contributed by atoms with van der Waals surface area (Å²) in [7, 11) is 0. The fraction of sp³-hybridized carbons (Fsp3) is 0.429. The largest absolute Gasteiger partial charge is 0.337 e. The second-order valence-corrected chi connectivity index (χ2v) is 5.01. The van der Waals surface area contributed by atoms with E-state index in [9.17, 15) is 9.18 Å². The summed E-state index contributed by atoms with van der Waals surface area (Å²) in [5.74, 6) is 0.0507. The Bertz CT molecular complexity index is 587. The smallest absolute Gasteiger partial charge is 0.274 e. The second-order valence-electron chi connectivity index (χ2n) is 5.01. The summed E-state index contributed by atoms with van der Waals surface area (Å²) >= 11 is 0. The zero-order valence-corrected chi connectivity index (χ0v) is 10.6. The number of alkyl halides is 1. The minimum Gasteiger partial charge on any atom is -0.337 e. The Labute approximate surface area is 110 Å². The van der Waals surface area contributed by atoms with E-state index in [-0.39, 0.29) is 18.5 Å². The lowest BCUT2D eigenvalue weighted by atomic mass is 9.98. The van der Waals surface area contributed by atoms with Crippen LogP contribution in [0, 0.1) is 5.92 Å². The Kier molecular flexibility index (Phi) is 3.19. The van der Waals surface area contributed by atoms with E-state index in [1.807, 2.05) is 24.3 Å². The van der Waals surface area contributed by atoms with Gasteiger partial charge in [-0.1, -0.05) is 18.2 Å². The number of fused-ring (bicyclic) bond motifs is 1. The van der Waals surface area contributed by atoms with Gasteiger partial charge in [0.1, 0.15) is 0 Å². The van der Waals surface area contributed by atoms with Crippen molar-refractivity contribution in [2.75, 3.05) is 19.8 Å². The number of nitrogens with zero attached hydrogens (tertiary/aromatic N) is 2. The van der Waals surface area contributed by atoms with Crippen LogP contribution in [0.15, 0.2) is 24.3 Å². The molecule has 1 aromatic heterocycles. The summed E-state index contributed by atoms with van der Waals surface area (Å²) in [5.41, 5.74) is 1.33. The van der Waals surface area contributed by atoms with Gasteiger partial charge < -0.3 is 4.90 Å². The molecule has 2 aromatic rings. The topological polar surface area (TPSA) is 49.0 Å². The zero-order valence-electron chi connectivity index (χ0n) is 10.6. The highest BCUT2D eigenvalue weighted by Gasteiger charge is 2.25. The fourth-order valence-electron chi connectivity index (χ4n) is 2.57. The molecule has 1 aliphatic rings. The van der Waals surface area contributed by atoms with Gasteiger partial charge in [0.05, 0.1) is 12.2 Å². The Morgan fingerprint density at radius 1 is 1.37 bits per heavy atom. The third kappa shape index (κ3) is 2.20. The zero-order chi connectivity index (χ0) is 13.2. The van der Waals surface area contributed by atoms with Crippen molar-refractivity contribution in [1.82, 2.24) is 15.1 Å². The van der Waals surface area contributed by atoms with Crippen molar-refractivity contribution < 1.29 is 9.18 Å². The van der Waals surface area contributed by atoms with Crippen molar-refractivity contribution in [2.24, 2.45) is 5.92 Å². The van der Waals surface area contributed by atoms with Gasteiger partial charge in [-0.2, -0.15) is 5.10 Å². The second kappa shape index (κ2) is 4.99. The minimum atomic E-state index is -0.284. The molecule has 1 aromatic carbocycles. The number of H-pyrrole nitrogens is 1. The Hall–Kier alpha value is -1.91. The van der Waals surface area contributed by atoms with Crippen molar-refractivity contribution in [3.05, 3.63) is 30.0 Å². The van der Waals surface area contributed by atoms with E-state index in [4.69, 9.17) is 0 Å². The number of hydrogen-bond acceptors (Lipinski definition) is 2. The lowest BCUT2D eigenvalue weighted by molar-refractivity contribution is 0.0673. The molecule has 19 heavy (non-hydrogen) atoms. The molecule has 0 aliphatic carbocycles. The molecule has 1 N–H and O–H groups in total. The number of carbonyl (C=O) groups excluding carboxylic acids is 1. The van der Waals surface area contributed by atoms with Crippen molar-refractivity contribution in [1.29, 1.82) is 0 Å². The molecule has 4 nitrogen and oxygen atoms in total. The van der Waals surface area contributed by atoms with E-state index < -0.39 is 0 Å². The lowest BCUT2D eigenvalue weighted by Gasteiger charge is -2.30. The Balaban J connectivity index is 1.81. The molecule has 5 heteroatoms. The molecule has 2 heterocycles. The van der Waals surface area contributed by atoms with Crippen LogP contribution in [0.5, 0.6) is 0 Å². The van der Waals surface area contributed by atoms with Gasteiger partial charge in [0.15, 0.2) is 5.69 Å². The Morgan fingerprint density at radius 2 is 2.11 bits per heavy atom. The van der Waals surface area contributed by atoms with Crippen LogP contribution in [0.3, 0.4) is 0 Å². The first kappa shape index (κ1) is 12.1. The number of carbonyl (C=O) groups is 1. The predicted octanol–water partition coefficient (Wildman–Crippen LogP) is 2.38. The van der Waals surface area contributed by atoms with Gasteiger partial charge >= 0.3 is 0 Å². The number of para-hydroxylation sites is 1. The number of piperidine rings is 1. The SMILES string of the molecule is O=C(c1n[nH]c2ccccc12)N1CCC(CF)CC1. The summed E-state index contributed by atoms with van der Waals surface area (Å²) in [4.78, 5) is 14.2. The van der Waals surface area contributed by atoms with Crippen molar-refractivity contribution in [3.8, 4) is 0 Å². The molecule has 0 spiro atoms. The standard InChI is InChI=1S/C14H16FN3O/c15-9-10-5-7-18(8-6-10)14(19)13-11-3-1-2-4-12(11)16-17-13/h1-4,10H,5-9H2,(H,16,17). The van der Waals surface area contributed by atoms with Gasteiger partial charge in [0.2, 0.25) is 0 Å². The third-order valence-electron chi connectivity index (χ3n) is 3.79. The van der Waals surface area contributed by atoms with Gasteiger partial charge in [-0.15, -0.1) is 0 Å². The maximum Gasteiger partial charge on any atom is 0.274 e. The van der Waals surface area contributed by atoms with E-state index in [0.717, 1.165) is 23.7 Å². The molecule has 0 bridgehead atoms. The van der Waals surface area contributed by atoms with Crippen LogP contribution in [-0.4, -0.2) is 40.8 Å². The molecular formula is C14H16FN3O. The third-order valence-corrected chi connectivity index (χ3v) is 3.79. The predicted molar refractivity (Wildman–Crippen MR) is 70.7 cm³/mol. The first-order chi connectivity index (χ1) is 9.29. The average molecular weight is 261 g/mol. The van der Waals surface area contributed by atoms with Crippen LogP contribution >= 0.6 is 0 Å². The number of hydrogen-bond donors (Lipinski definition) is 1. The number of nitrogens with one attached hydrogen (secondary N) is 1. The quantitative estimate of drug-likeness (QED) is 0.902. The van der Waals surface area contributed by atoms with Gasteiger partial charge in [-0.3, -0.25) is 14.3 Å². The number of benzene rings is 1. The highest BCUT2D eigenvalue weighted by Crippen LogP contribution is 2.21. The maximum atomic E-state index is 12.6. The van der Waals surface area contributed by atoms with E-state index in [1.54, 1.807) is 4.90 Å². The van der Waals surface area contributed by atoms with E-state index in [2.05, 4.69) is 10.2 Å². The first-order valence-electron chi connectivity index (χ1n) is 6.58. The monoisotopic (exact) mass is 261 g/mol. The first-order valence-corrected chi connectivity index (χ1v) is 6.58. The highest BCUT2D eigenvalue weighted by molar-refractivity contribution is 6.04. The molecule has 0 radical (unpaired) electrons. The van der Waals surface area contributed by atoms with E-state index in [0.29, 0.717) is 18.8 Å². The lowest BCUT2D eigenvalue weighted by Crippen LogP contribution is -2.39. The molecule has 1 saturated heterocycles. The fourth-order valence-corrected chi connectivity index (χ4v) is 2.57. The summed E-state index contributed by atoms with van der Waals surface area (Å²) in [6.07, 6.45) is 1.48. The van der Waals surface area contributed by atoms with Crippen LogP contribution < -0.4 is 0 Å². The number of likely N-dealkylation sites (tertiary alicyclic amines) is 1. The number of rotatable bonds is 2. The summed E-state index contributed by atoms with van der Waals surface area (Å²) in [6.45, 7) is 0.955. The highest BCUT2D eigenvalue weighted by atomic mass is 19.1. The number of aromatic amines is 1. The van der Waals surface area contributed by atoms with E-state index >= 15 is 0 Å². The summed E-state index contributed by atoms with van der Waals surface area (Å²) in [5, 5.41) is 7.84. The van der Waals surface area contributed by atoms with Crippen LogP contribution in [0.25, 0.3) is 10.9 Å². The normalized spacial score (nSPS) is 17.0. The summed E-state index contributed by atoms with van der Waals surface area (Å²) < 4.78 is 12.6. The van der Waals surface area contributed by atoms with Crippen LogP contribution in [-0.2, 0) is 0 Å². The molecule has 0 unspecified atom stereocenters. The molecule has 0 saturated carbocycles. The molecule has 1 aliphatic heterocycles. The average Bonchev–Trinajstić information content (AvgIpc) is 2.90. The van der Waals surface area contributed by atoms with Crippen molar-refractivity contribution in [2.45, 2.75) is 12.8 Å². The molecule has 1 fully saturated rings. The van der Waals surface area contributed by atoms with Crippen LogP contribution in [0.1, 0.15) is 23.3 Å². The van der Waals surface area contributed by atoms with Gasteiger partial charge in [-0.25, -0.2) is 0 Å². The van der Waals surface area contributed by atoms with Crippen molar-refractivity contribution in [3.63, 3.8) is 0 Å². The van der Waals surface area contributed by atoms with Crippen molar-refractivity contribution >= 4 is 16.8 Å². The molecule has 0 atom stereocenters. The van der Waals surface area contributed by atoms with Gasteiger partial charge in [-0.05, 0) is 24.8 Å². The van der Waals surface area contributed by atoms with Gasteiger partial charge in [0, 0.05) is 18.5 Å². The molecule has 1 amide bonds. The number of amides is 1. The summed E-state index contributed by atoms with van der Waals surface area (Å²) in [6, 6.07) is 7.58. The number of aromatic nitrogens is 2. The maximum absolute atomic E-state index is 12.6. The molecule has 3 rings (SSSR count). The molecule has 100 valence electrons.